The van der Waals surface area contributed by atoms with E-state index in [4.69, 9.17) is 21.7 Å². The second-order valence-corrected chi connectivity index (χ2v) is 9.17. The molecule has 3 rings (SSSR count). The highest BCUT2D eigenvalue weighted by Gasteiger charge is 2.47. The quantitative estimate of drug-likeness (QED) is 0.610. The molecule has 2 saturated heterocycles. The van der Waals surface area contributed by atoms with Crippen molar-refractivity contribution in [1.82, 2.24) is 14.5 Å². The lowest BCUT2D eigenvalue weighted by Crippen LogP contribution is -2.47. The molecule has 2 atom stereocenters. The number of ether oxygens (including phenoxy) is 1. The molecule has 0 aromatic heterocycles. The van der Waals surface area contributed by atoms with E-state index < -0.39 is 27.8 Å². The number of carbonyl (C=O) groups excluding carboxylic acids is 2. The molecule has 2 N–H and O–H groups in total. The second kappa shape index (κ2) is 9.21. The maximum atomic E-state index is 13.1. The first kappa shape index (κ1) is 21.7. The molecule has 2 amide bonds. The monoisotopic (exact) mass is 442 g/mol. The van der Waals surface area contributed by atoms with Gasteiger partial charge in [0.05, 0.1) is 36.6 Å². The summed E-state index contributed by atoms with van der Waals surface area (Å²) in [6.07, 6.45) is 1.03. The average molecular weight is 443 g/mol. The van der Waals surface area contributed by atoms with Gasteiger partial charge in [0.2, 0.25) is 21.8 Å². The standard InChI is InChI=1S/C18H23ClN4O5S/c19-15-3-1-2-4-16(15)29(26,27)23-11-13(17(24)21-6-5-20)14(12-23)18(25)22-7-9-28-10-8-22/h1-5,13-14,20H,6-12H2,(H,21,24)/t13-,14-/m1/s1. The molecule has 29 heavy (non-hydrogen) atoms. The Morgan fingerprint density at radius 3 is 2.52 bits per heavy atom. The van der Waals surface area contributed by atoms with Crippen molar-refractivity contribution in [3.63, 3.8) is 0 Å². The van der Waals surface area contributed by atoms with Crippen molar-refractivity contribution < 1.29 is 22.7 Å². The van der Waals surface area contributed by atoms with Gasteiger partial charge < -0.3 is 20.4 Å². The fraction of sp³-hybridized carbons (Fsp3) is 0.500. The van der Waals surface area contributed by atoms with Crippen LogP contribution in [0.1, 0.15) is 0 Å². The topological polar surface area (TPSA) is 120 Å². The van der Waals surface area contributed by atoms with Crippen molar-refractivity contribution >= 4 is 39.7 Å². The number of halogens is 1. The van der Waals surface area contributed by atoms with Crippen molar-refractivity contribution in [2.45, 2.75) is 4.90 Å². The Morgan fingerprint density at radius 2 is 1.86 bits per heavy atom. The molecule has 9 nitrogen and oxygen atoms in total. The van der Waals surface area contributed by atoms with Crippen LogP contribution in [0, 0.1) is 17.2 Å². The summed E-state index contributed by atoms with van der Waals surface area (Å²) in [6.45, 7) is 1.41. The first-order valence-corrected chi connectivity index (χ1v) is 11.1. The third-order valence-corrected chi connectivity index (χ3v) is 7.43. The molecule has 158 valence electrons. The number of amides is 2. The summed E-state index contributed by atoms with van der Waals surface area (Å²) in [6, 6.07) is 6.08. The van der Waals surface area contributed by atoms with Gasteiger partial charge in [0.25, 0.3) is 0 Å². The molecule has 2 heterocycles. The number of hydrogen-bond acceptors (Lipinski definition) is 6. The van der Waals surface area contributed by atoms with Crippen LogP contribution >= 0.6 is 11.6 Å². The van der Waals surface area contributed by atoms with Gasteiger partial charge in [0, 0.05) is 32.4 Å². The molecule has 0 saturated carbocycles. The molecule has 0 spiro atoms. The summed E-state index contributed by atoms with van der Waals surface area (Å²) in [5.41, 5.74) is 0. The molecule has 0 radical (unpaired) electrons. The molecule has 2 aliphatic heterocycles. The van der Waals surface area contributed by atoms with Crippen LogP contribution < -0.4 is 5.32 Å². The van der Waals surface area contributed by atoms with Gasteiger partial charge in [0.1, 0.15) is 4.90 Å². The highest BCUT2D eigenvalue weighted by atomic mass is 35.5. The molecule has 1 aromatic rings. The normalized spacial score (nSPS) is 23.0. The van der Waals surface area contributed by atoms with Gasteiger partial charge in [-0.1, -0.05) is 23.7 Å². The Hall–Kier alpha value is -2.01. The van der Waals surface area contributed by atoms with E-state index in [2.05, 4.69) is 5.32 Å². The van der Waals surface area contributed by atoms with Gasteiger partial charge in [0.15, 0.2) is 0 Å². The summed E-state index contributed by atoms with van der Waals surface area (Å²) in [7, 11) is -3.97. The zero-order valence-electron chi connectivity index (χ0n) is 15.7. The second-order valence-electron chi connectivity index (χ2n) is 6.85. The van der Waals surface area contributed by atoms with E-state index in [0.29, 0.717) is 26.3 Å². The van der Waals surface area contributed by atoms with Gasteiger partial charge in [-0.25, -0.2) is 8.42 Å². The molecule has 0 aliphatic carbocycles. The first-order valence-electron chi connectivity index (χ1n) is 9.24. The van der Waals surface area contributed by atoms with E-state index in [1.165, 1.54) is 12.1 Å². The van der Waals surface area contributed by atoms with E-state index in [1.807, 2.05) is 0 Å². The van der Waals surface area contributed by atoms with Gasteiger partial charge in [-0.3, -0.25) is 9.59 Å². The minimum Gasteiger partial charge on any atom is -0.378 e. The maximum Gasteiger partial charge on any atom is 0.244 e. The van der Waals surface area contributed by atoms with Gasteiger partial charge in [-0.15, -0.1) is 0 Å². The number of sulfonamides is 1. The SMILES string of the molecule is N=CCNC(=O)[C@@H]1CN(S(=O)(=O)c2ccccc2Cl)C[C@H]1C(=O)N1CCOCC1. The number of hydrogen-bond donors (Lipinski definition) is 2. The lowest BCUT2D eigenvalue weighted by atomic mass is 9.93. The van der Waals surface area contributed by atoms with E-state index in [0.717, 1.165) is 10.5 Å². The fourth-order valence-electron chi connectivity index (χ4n) is 3.57. The van der Waals surface area contributed by atoms with Gasteiger partial charge in [-0.2, -0.15) is 4.31 Å². The molecule has 1 aromatic carbocycles. The molecule has 11 heteroatoms. The Morgan fingerprint density at radius 1 is 1.21 bits per heavy atom. The molecular formula is C18H23ClN4O5S. The molecular weight excluding hydrogens is 420 g/mol. The van der Waals surface area contributed by atoms with Crippen molar-refractivity contribution in [1.29, 1.82) is 5.41 Å². The number of nitrogens with one attached hydrogen (secondary N) is 2. The minimum atomic E-state index is -3.97. The lowest BCUT2D eigenvalue weighted by molar-refractivity contribution is -0.143. The van der Waals surface area contributed by atoms with Crippen LogP contribution in [0.2, 0.25) is 5.02 Å². The number of benzene rings is 1. The number of nitrogens with zero attached hydrogens (tertiary/aromatic N) is 2. The van der Waals surface area contributed by atoms with E-state index in [9.17, 15) is 18.0 Å². The van der Waals surface area contributed by atoms with Crippen LogP contribution in [0.4, 0.5) is 0 Å². The zero-order valence-corrected chi connectivity index (χ0v) is 17.3. The lowest BCUT2D eigenvalue weighted by Gasteiger charge is -2.30. The van der Waals surface area contributed by atoms with Crippen LogP contribution in [0.25, 0.3) is 0 Å². The van der Waals surface area contributed by atoms with Crippen molar-refractivity contribution in [3.8, 4) is 0 Å². The number of carbonyl (C=O) groups is 2. The largest absolute Gasteiger partial charge is 0.378 e. The highest BCUT2D eigenvalue weighted by molar-refractivity contribution is 7.89. The molecule has 2 aliphatic rings. The van der Waals surface area contributed by atoms with Crippen LogP contribution in [0.3, 0.4) is 0 Å². The summed E-state index contributed by atoms with van der Waals surface area (Å²) in [5, 5.41) is 9.73. The number of morpholine rings is 1. The van der Waals surface area contributed by atoms with Crippen molar-refractivity contribution in [2.75, 3.05) is 45.9 Å². The summed E-state index contributed by atoms with van der Waals surface area (Å²) in [4.78, 5) is 27.2. The van der Waals surface area contributed by atoms with Crippen molar-refractivity contribution in [3.05, 3.63) is 29.3 Å². The van der Waals surface area contributed by atoms with Crippen LogP contribution in [0.15, 0.2) is 29.2 Å². The van der Waals surface area contributed by atoms with E-state index >= 15 is 0 Å². The predicted octanol–water partition coefficient (Wildman–Crippen LogP) is 0.201. The minimum absolute atomic E-state index is 0.0189. The third-order valence-electron chi connectivity index (χ3n) is 5.10. The fourth-order valence-corrected chi connectivity index (χ4v) is 5.56. The predicted molar refractivity (Wildman–Crippen MR) is 106 cm³/mol. The van der Waals surface area contributed by atoms with Crippen LogP contribution in [-0.2, 0) is 24.3 Å². The smallest absolute Gasteiger partial charge is 0.244 e. The first-order chi connectivity index (χ1) is 13.9. The summed E-state index contributed by atoms with van der Waals surface area (Å²) < 4.78 is 32.6. The van der Waals surface area contributed by atoms with Crippen molar-refractivity contribution in [2.24, 2.45) is 11.8 Å². The van der Waals surface area contributed by atoms with Gasteiger partial charge >= 0.3 is 0 Å². The highest BCUT2D eigenvalue weighted by Crippen LogP contribution is 2.33. The Bertz CT molecular complexity index is 888. The molecule has 0 unspecified atom stereocenters. The Kier molecular flexibility index (Phi) is 6.89. The summed E-state index contributed by atoms with van der Waals surface area (Å²) >= 11 is 6.08. The van der Waals surface area contributed by atoms with Gasteiger partial charge in [-0.05, 0) is 12.1 Å². The average Bonchev–Trinajstić information content (AvgIpc) is 3.18. The maximum absolute atomic E-state index is 13.1. The third kappa shape index (κ3) is 4.61. The zero-order chi connectivity index (χ0) is 21.0. The Labute approximate surface area is 174 Å². The van der Waals surface area contributed by atoms with E-state index in [1.54, 1.807) is 17.0 Å². The van der Waals surface area contributed by atoms with E-state index in [-0.39, 0.29) is 35.5 Å². The summed E-state index contributed by atoms with van der Waals surface area (Å²) in [5.74, 6) is -2.37. The molecule has 0 bridgehead atoms. The molecule has 2 fully saturated rings. The van der Waals surface area contributed by atoms with Crippen LogP contribution in [-0.4, -0.2) is 81.6 Å². The Balaban J connectivity index is 1.87. The van der Waals surface area contributed by atoms with Crippen LogP contribution in [0.5, 0.6) is 0 Å². The number of rotatable bonds is 6.